The number of phenols is 1. The lowest BCUT2D eigenvalue weighted by Gasteiger charge is -2.11. The Kier molecular flexibility index (Phi) is 3.65. The zero-order valence-electron chi connectivity index (χ0n) is 14.2. The maximum Gasteiger partial charge on any atom is 0.143 e. The first kappa shape index (κ1) is 15.3. The monoisotopic (exact) mass is 329 g/mol. The maximum absolute atomic E-state index is 9.57. The number of benzene rings is 2. The van der Waals surface area contributed by atoms with Gasteiger partial charge in [-0.2, -0.15) is 0 Å². The number of fused-ring (bicyclic) bond motifs is 1. The topological polar surface area (TPSA) is 49.6 Å². The van der Waals surface area contributed by atoms with E-state index in [1.807, 2.05) is 40.9 Å². The Bertz CT molecular complexity index is 1030. The molecule has 0 unspecified atom stereocenters. The van der Waals surface area contributed by atoms with Crippen LogP contribution in [0.15, 0.2) is 66.9 Å². The van der Waals surface area contributed by atoms with E-state index in [2.05, 4.69) is 37.4 Å². The van der Waals surface area contributed by atoms with Crippen molar-refractivity contribution < 1.29 is 5.11 Å². The minimum atomic E-state index is 0.247. The van der Waals surface area contributed by atoms with E-state index < -0.39 is 0 Å². The molecular formula is C21H19N3O. The Morgan fingerprint density at radius 3 is 2.36 bits per heavy atom. The van der Waals surface area contributed by atoms with Crippen molar-refractivity contribution in [2.24, 2.45) is 0 Å². The number of phenolic OH excluding ortho intramolecular Hbond substituents is 1. The molecule has 0 amide bonds. The number of aryl methyl sites for hydroxylation is 2. The van der Waals surface area contributed by atoms with E-state index in [9.17, 15) is 5.11 Å². The van der Waals surface area contributed by atoms with Gasteiger partial charge in [-0.25, -0.2) is 4.98 Å². The Balaban J connectivity index is 1.88. The van der Waals surface area contributed by atoms with Crippen LogP contribution in [0.3, 0.4) is 0 Å². The van der Waals surface area contributed by atoms with Crippen molar-refractivity contribution in [2.75, 3.05) is 5.32 Å². The summed E-state index contributed by atoms with van der Waals surface area (Å²) in [6.07, 6.45) is 2.00. The Morgan fingerprint density at radius 2 is 1.64 bits per heavy atom. The zero-order chi connectivity index (χ0) is 17.4. The SMILES string of the molecule is Cc1cc(C)cc(Nc2c(-c3ccc(O)cc3)nc3ccccn23)c1. The van der Waals surface area contributed by atoms with Crippen LogP contribution < -0.4 is 5.32 Å². The number of nitrogens with zero attached hydrogens (tertiary/aromatic N) is 2. The molecule has 2 aromatic heterocycles. The van der Waals surface area contributed by atoms with Gasteiger partial charge in [0.1, 0.15) is 22.9 Å². The van der Waals surface area contributed by atoms with Crippen molar-refractivity contribution >= 4 is 17.2 Å². The number of rotatable bonds is 3. The molecule has 0 radical (unpaired) electrons. The summed E-state index contributed by atoms with van der Waals surface area (Å²) in [4.78, 5) is 4.77. The summed E-state index contributed by atoms with van der Waals surface area (Å²) in [5, 5.41) is 13.1. The normalized spacial score (nSPS) is 11.0. The lowest BCUT2D eigenvalue weighted by atomic mass is 10.1. The molecule has 0 fully saturated rings. The van der Waals surface area contributed by atoms with Crippen LogP contribution in [0.1, 0.15) is 11.1 Å². The second-order valence-electron chi connectivity index (χ2n) is 6.29. The molecule has 4 aromatic rings. The second kappa shape index (κ2) is 5.98. The lowest BCUT2D eigenvalue weighted by Crippen LogP contribution is -1.97. The first-order valence-electron chi connectivity index (χ1n) is 8.22. The highest BCUT2D eigenvalue weighted by molar-refractivity contribution is 5.80. The second-order valence-corrected chi connectivity index (χ2v) is 6.29. The van der Waals surface area contributed by atoms with E-state index in [4.69, 9.17) is 4.98 Å². The molecule has 25 heavy (non-hydrogen) atoms. The third-order valence-corrected chi connectivity index (χ3v) is 4.16. The minimum absolute atomic E-state index is 0.247. The molecule has 2 N–H and O–H groups in total. The molecule has 4 nitrogen and oxygen atoms in total. The number of nitrogens with one attached hydrogen (secondary N) is 1. The molecule has 0 bridgehead atoms. The van der Waals surface area contributed by atoms with E-state index in [0.29, 0.717) is 0 Å². The highest BCUT2D eigenvalue weighted by Gasteiger charge is 2.14. The molecule has 0 aliphatic heterocycles. The van der Waals surface area contributed by atoms with Gasteiger partial charge in [-0.3, -0.25) is 4.40 Å². The average Bonchev–Trinajstić information content (AvgIpc) is 2.93. The Labute approximate surface area is 146 Å². The van der Waals surface area contributed by atoms with Crippen molar-refractivity contribution in [2.45, 2.75) is 13.8 Å². The van der Waals surface area contributed by atoms with E-state index in [1.165, 1.54) is 11.1 Å². The van der Waals surface area contributed by atoms with Crippen LogP contribution in [-0.2, 0) is 0 Å². The number of imidazole rings is 1. The summed E-state index contributed by atoms with van der Waals surface area (Å²) < 4.78 is 2.04. The van der Waals surface area contributed by atoms with Gasteiger partial charge in [-0.05, 0) is 73.5 Å². The molecule has 4 heteroatoms. The first-order valence-corrected chi connectivity index (χ1v) is 8.22. The van der Waals surface area contributed by atoms with Crippen LogP contribution >= 0.6 is 0 Å². The standard InChI is InChI=1S/C21H19N3O/c1-14-11-15(2)13-17(12-14)22-21-20(16-6-8-18(25)9-7-16)23-19-5-3-4-10-24(19)21/h3-13,22,25H,1-2H3. The number of pyridine rings is 1. The van der Waals surface area contributed by atoms with E-state index in [-0.39, 0.29) is 5.75 Å². The van der Waals surface area contributed by atoms with Gasteiger partial charge in [0.15, 0.2) is 0 Å². The molecule has 0 aliphatic carbocycles. The van der Waals surface area contributed by atoms with Gasteiger partial charge in [0, 0.05) is 17.4 Å². The molecule has 0 saturated carbocycles. The molecule has 2 heterocycles. The van der Waals surface area contributed by atoms with E-state index in [1.54, 1.807) is 12.1 Å². The van der Waals surface area contributed by atoms with Crippen molar-refractivity contribution in [3.8, 4) is 17.0 Å². The fraction of sp³-hybridized carbons (Fsp3) is 0.0952. The van der Waals surface area contributed by atoms with Crippen LogP contribution in [0.4, 0.5) is 11.5 Å². The van der Waals surface area contributed by atoms with Crippen LogP contribution in [0.5, 0.6) is 5.75 Å². The van der Waals surface area contributed by atoms with Crippen LogP contribution in [-0.4, -0.2) is 14.5 Å². The van der Waals surface area contributed by atoms with Gasteiger partial charge >= 0.3 is 0 Å². The maximum atomic E-state index is 9.57. The van der Waals surface area contributed by atoms with Gasteiger partial charge in [0.2, 0.25) is 0 Å². The molecular weight excluding hydrogens is 310 g/mol. The number of anilines is 2. The molecule has 2 aromatic carbocycles. The van der Waals surface area contributed by atoms with Gasteiger partial charge in [-0.15, -0.1) is 0 Å². The van der Waals surface area contributed by atoms with Crippen molar-refractivity contribution in [3.05, 3.63) is 78.0 Å². The molecule has 0 atom stereocenters. The van der Waals surface area contributed by atoms with Crippen LogP contribution in [0.2, 0.25) is 0 Å². The minimum Gasteiger partial charge on any atom is -0.508 e. The summed E-state index contributed by atoms with van der Waals surface area (Å²) in [5.74, 6) is 1.16. The molecule has 4 rings (SSSR count). The van der Waals surface area contributed by atoms with Crippen LogP contribution in [0, 0.1) is 13.8 Å². The highest BCUT2D eigenvalue weighted by Crippen LogP contribution is 2.32. The summed E-state index contributed by atoms with van der Waals surface area (Å²) >= 11 is 0. The zero-order valence-corrected chi connectivity index (χ0v) is 14.2. The highest BCUT2D eigenvalue weighted by atomic mass is 16.3. The molecule has 0 spiro atoms. The smallest absolute Gasteiger partial charge is 0.143 e. The summed E-state index contributed by atoms with van der Waals surface area (Å²) in [5.41, 5.74) is 6.13. The largest absolute Gasteiger partial charge is 0.508 e. The van der Waals surface area contributed by atoms with Gasteiger partial charge in [0.05, 0.1) is 0 Å². The fourth-order valence-electron chi connectivity index (χ4n) is 3.12. The third kappa shape index (κ3) is 2.94. The van der Waals surface area contributed by atoms with Gasteiger partial charge < -0.3 is 10.4 Å². The number of hydrogen-bond donors (Lipinski definition) is 2. The molecule has 0 saturated heterocycles. The fourth-order valence-corrected chi connectivity index (χ4v) is 3.12. The number of aromatic nitrogens is 2. The third-order valence-electron chi connectivity index (χ3n) is 4.16. The number of aromatic hydroxyl groups is 1. The Hall–Kier alpha value is -3.27. The van der Waals surface area contributed by atoms with E-state index in [0.717, 1.165) is 28.4 Å². The summed E-state index contributed by atoms with van der Waals surface area (Å²) in [6, 6.07) is 19.5. The lowest BCUT2D eigenvalue weighted by molar-refractivity contribution is 0.475. The Morgan fingerprint density at radius 1 is 0.920 bits per heavy atom. The average molecular weight is 329 g/mol. The van der Waals surface area contributed by atoms with Gasteiger partial charge in [0.25, 0.3) is 0 Å². The van der Waals surface area contributed by atoms with Crippen LogP contribution in [0.25, 0.3) is 16.9 Å². The summed E-state index contributed by atoms with van der Waals surface area (Å²) in [6.45, 7) is 4.18. The van der Waals surface area contributed by atoms with Gasteiger partial charge in [-0.1, -0.05) is 12.1 Å². The molecule has 0 aliphatic rings. The quantitative estimate of drug-likeness (QED) is 0.552. The predicted molar refractivity (Wildman–Crippen MR) is 101 cm³/mol. The number of hydrogen-bond acceptors (Lipinski definition) is 3. The van der Waals surface area contributed by atoms with Crippen molar-refractivity contribution in [1.82, 2.24) is 9.38 Å². The van der Waals surface area contributed by atoms with Crippen molar-refractivity contribution in [1.29, 1.82) is 0 Å². The first-order chi connectivity index (χ1) is 12.1. The summed E-state index contributed by atoms with van der Waals surface area (Å²) in [7, 11) is 0. The predicted octanol–water partition coefficient (Wildman–Crippen LogP) is 5.07. The van der Waals surface area contributed by atoms with Crippen molar-refractivity contribution in [3.63, 3.8) is 0 Å². The molecule has 124 valence electrons. The van der Waals surface area contributed by atoms with E-state index >= 15 is 0 Å².